The Bertz CT molecular complexity index is 149. The van der Waals surface area contributed by atoms with Crippen molar-refractivity contribution < 1.29 is 68.4 Å². The van der Waals surface area contributed by atoms with E-state index in [1.807, 2.05) is 0 Å². The molecular formula is C7H13Cl3NO2Ti-3. The van der Waals surface area contributed by atoms with E-state index < -0.39 is 0 Å². The Morgan fingerprint density at radius 2 is 1.79 bits per heavy atom. The number of piperidine rings is 1. The first-order valence-electron chi connectivity index (χ1n) is 3.68. The molecule has 7 heteroatoms. The van der Waals surface area contributed by atoms with Crippen LogP contribution < -0.4 is 37.2 Å². The molecule has 0 radical (unpaired) electrons. The molecule has 0 saturated carbocycles. The molecule has 1 rings (SSSR count). The zero-order valence-electron chi connectivity index (χ0n) is 7.88. The molecule has 1 heterocycles. The number of rotatable bonds is 1. The zero-order chi connectivity index (χ0) is 7.61. The van der Waals surface area contributed by atoms with Gasteiger partial charge >= 0.3 is 0 Å². The fraction of sp³-hybridized carbons (Fsp3) is 0.857. The number of likely N-dealkylation sites (tertiary alicyclic amines) is 1. The summed E-state index contributed by atoms with van der Waals surface area (Å²) in [7, 11) is 1.58. The fourth-order valence-electron chi connectivity index (χ4n) is 1.41. The van der Waals surface area contributed by atoms with Crippen molar-refractivity contribution in [3.63, 3.8) is 0 Å². The second-order valence-corrected chi connectivity index (χ2v) is 3.10. The first kappa shape index (κ1) is 24.4. The normalized spacial score (nSPS) is 29.4. The van der Waals surface area contributed by atoms with Crippen LogP contribution in [0, 0.1) is 5.21 Å². The molecule has 1 saturated heterocycles. The maximum atomic E-state index is 11.4. The van der Waals surface area contributed by atoms with Gasteiger partial charge in [-0.15, -0.1) is 0 Å². The average molecular weight is 297 g/mol. The Hall–Kier alpha value is 1.17. The molecule has 0 aromatic rings. The van der Waals surface area contributed by atoms with Crippen molar-refractivity contribution >= 4 is 6.29 Å². The summed E-state index contributed by atoms with van der Waals surface area (Å²) in [5, 5.41) is 11.4. The Labute approximate surface area is 118 Å². The van der Waals surface area contributed by atoms with Gasteiger partial charge in [0, 0.05) is 28.1 Å². The van der Waals surface area contributed by atoms with Crippen LogP contribution in [-0.2, 0) is 26.5 Å². The number of carbonyl (C=O) groups is 1. The molecule has 0 spiro atoms. The van der Waals surface area contributed by atoms with Gasteiger partial charge in [-0.1, -0.05) is 0 Å². The van der Waals surface area contributed by atoms with Crippen LogP contribution in [0.25, 0.3) is 0 Å². The van der Waals surface area contributed by atoms with E-state index in [4.69, 9.17) is 0 Å². The van der Waals surface area contributed by atoms with E-state index in [-0.39, 0.29) is 69.6 Å². The summed E-state index contributed by atoms with van der Waals surface area (Å²) in [6.07, 6.45) is 3.56. The zero-order valence-corrected chi connectivity index (χ0v) is 11.7. The SMILES string of the molecule is C[N+]1([O-])CCCCC1C=O.[Cl-].[Cl-].[Cl-].[Ti]. The minimum Gasteiger partial charge on any atom is -1.00 e. The molecule has 1 aliphatic heterocycles. The number of nitrogens with zero attached hydrogens (tertiary/aromatic N) is 1. The number of carbonyl (C=O) groups excluding carboxylic acids is 1. The second kappa shape index (κ2) is 10.7. The van der Waals surface area contributed by atoms with Gasteiger partial charge in [-0.2, -0.15) is 0 Å². The van der Waals surface area contributed by atoms with Crippen LogP contribution in [0.3, 0.4) is 0 Å². The number of hydrogen-bond acceptors (Lipinski definition) is 2. The largest absolute Gasteiger partial charge is 1.00 e. The van der Waals surface area contributed by atoms with Gasteiger partial charge in [-0.25, -0.2) is 0 Å². The third-order valence-electron chi connectivity index (χ3n) is 2.21. The molecule has 2 atom stereocenters. The third-order valence-corrected chi connectivity index (χ3v) is 2.21. The van der Waals surface area contributed by atoms with Gasteiger partial charge in [-0.3, -0.25) is 4.79 Å². The maximum Gasteiger partial charge on any atom is 0.177 e. The third kappa shape index (κ3) is 6.62. The predicted octanol–water partition coefficient (Wildman–Crippen LogP) is -8.31. The molecule has 86 valence electrons. The van der Waals surface area contributed by atoms with Gasteiger partial charge in [0.25, 0.3) is 0 Å². The summed E-state index contributed by atoms with van der Waals surface area (Å²) >= 11 is 0. The van der Waals surface area contributed by atoms with Crippen LogP contribution in [0.15, 0.2) is 0 Å². The molecule has 14 heavy (non-hydrogen) atoms. The van der Waals surface area contributed by atoms with Gasteiger partial charge in [0.15, 0.2) is 6.29 Å². The van der Waals surface area contributed by atoms with Crippen LogP contribution in [0.2, 0.25) is 0 Å². The van der Waals surface area contributed by atoms with Gasteiger partial charge in [0.1, 0.15) is 6.04 Å². The standard InChI is InChI=1S/C7H13NO2.3ClH.Ti/c1-8(10)5-3-2-4-7(8)6-9;;;;/h6-7H,2-5H2,1H3;3*1H;/p-3. The van der Waals surface area contributed by atoms with Gasteiger partial charge in [0.05, 0.1) is 13.6 Å². The van der Waals surface area contributed by atoms with Crippen molar-refractivity contribution in [2.75, 3.05) is 13.6 Å². The first-order chi connectivity index (χ1) is 4.67. The summed E-state index contributed by atoms with van der Waals surface area (Å²) in [5.74, 6) is 0. The molecule has 1 aliphatic rings. The van der Waals surface area contributed by atoms with E-state index in [2.05, 4.69) is 0 Å². The van der Waals surface area contributed by atoms with E-state index in [0.717, 1.165) is 25.5 Å². The maximum absolute atomic E-state index is 11.4. The van der Waals surface area contributed by atoms with Crippen molar-refractivity contribution in [2.45, 2.75) is 25.3 Å². The van der Waals surface area contributed by atoms with Crippen molar-refractivity contribution in [1.29, 1.82) is 0 Å². The van der Waals surface area contributed by atoms with Crippen molar-refractivity contribution in [3.05, 3.63) is 5.21 Å². The molecule has 0 amide bonds. The van der Waals surface area contributed by atoms with E-state index in [9.17, 15) is 10.0 Å². The van der Waals surface area contributed by atoms with Gasteiger partial charge in [0.2, 0.25) is 0 Å². The molecule has 0 bridgehead atoms. The second-order valence-electron chi connectivity index (χ2n) is 3.10. The van der Waals surface area contributed by atoms with Crippen LogP contribution >= 0.6 is 0 Å². The van der Waals surface area contributed by atoms with Crippen LogP contribution in [0.1, 0.15) is 19.3 Å². The van der Waals surface area contributed by atoms with Crippen molar-refractivity contribution in [3.8, 4) is 0 Å². The minimum atomic E-state index is -0.358. The number of aldehydes is 1. The molecule has 0 N–H and O–H groups in total. The van der Waals surface area contributed by atoms with E-state index >= 15 is 0 Å². The number of likely N-dealkylation sites (N-methyl/N-ethyl adjacent to an activating group) is 1. The van der Waals surface area contributed by atoms with Crippen molar-refractivity contribution in [1.82, 2.24) is 0 Å². The quantitative estimate of drug-likeness (QED) is 0.209. The summed E-state index contributed by atoms with van der Waals surface area (Å²) in [5.41, 5.74) is 0. The molecule has 1 fully saturated rings. The monoisotopic (exact) mass is 296 g/mol. The van der Waals surface area contributed by atoms with Crippen LogP contribution in [-0.4, -0.2) is 30.6 Å². The molecule has 0 aliphatic carbocycles. The smallest absolute Gasteiger partial charge is 0.177 e. The predicted molar refractivity (Wildman–Crippen MR) is 38.1 cm³/mol. The van der Waals surface area contributed by atoms with Crippen LogP contribution in [0.5, 0.6) is 0 Å². The molecule has 0 aromatic carbocycles. The first-order valence-corrected chi connectivity index (χ1v) is 3.68. The van der Waals surface area contributed by atoms with E-state index in [0.29, 0.717) is 6.54 Å². The molecular weight excluding hydrogens is 284 g/mol. The van der Waals surface area contributed by atoms with Crippen LogP contribution in [0.4, 0.5) is 0 Å². The number of quaternary nitrogens is 1. The Morgan fingerprint density at radius 3 is 2.07 bits per heavy atom. The number of hydroxylamine groups is 3. The summed E-state index contributed by atoms with van der Waals surface area (Å²) in [4.78, 5) is 10.4. The van der Waals surface area contributed by atoms with Crippen molar-refractivity contribution in [2.24, 2.45) is 0 Å². The molecule has 0 aromatic heterocycles. The molecule has 3 nitrogen and oxygen atoms in total. The average Bonchev–Trinajstić information content (AvgIpc) is 1.87. The Morgan fingerprint density at radius 1 is 1.29 bits per heavy atom. The summed E-state index contributed by atoms with van der Waals surface area (Å²) in [6, 6.07) is -0.297. The van der Waals surface area contributed by atoms with Gasteiger partial charge < -0.3 is 47.1 Å². The number of halogens is 3. The Balaban J connectivity index is -0.000000125. The van der Waals surface area contributed by atoms with Gasteiger partial charge in [-0.05, 0) is 12.8 Å². The fourth-order valence-corrected chi connectivity index (χ4v) is 1.41. The number of hydrogen-bond donors (Lipinski definition) is 0. The van der Waals surface area contributed by atoms with E-state index in [1.54, 1.807) is 7.05 Å². The molecule has 2 unspecified atom stereocenters. The topological polar surface area (TPSA) is 40.1 Å². The Kier molecular flexibility index (Phi) is 18.6. The summed E-state index contributed by atoms with van der Waals surface area (Å²) in [6.45, 7) is 0.601. The minimum absolute atomic E-state index is 0. The summed E-state index contributed by atoms with van der Waals surface area (Å²) < 4.78 is -0.358. The van der Waals surface area contributed by atoms with E-state index in [1.165, 1.54) is 0 Å².